The van der Waals surface area contributed by atoms with Crippen LogP contribution in [0.3, 0.4) is 0 Å². The van der Waals surface area contributed by atoms with Crippen molar-refractivity contribution in [2.45, 2.75) is 24.8 Å². The minimum absolute atomic E-state index is 0.107. The summed E-state index contributed by atoms with van der Waals surface area (Å²) in [5.74, 6) is 1.72. The van der Waals surface area contributed by atoms with Crippen molar-refractivity contribution in [1.29, 1.82) is 0 Å². The summed E-state index contributed by atoms with van der Waals surface area (Å²) in [5.41, 5.74) is 6.10. The van der Waals surface area contributed by atoms with Crippen molar-refractivity contribution in [1.82, 2.24) is 4.72 Å². The highest BCUT2D eigenvalue weighted by molar-refractivity contribution is 9.10. The third kappa shape index (κ3) is 4.46. The van der Waals surface area contributed by atoms with Crippen LogP contribution in [0.1, 0.15) is 13.8 Å². The molecule has 0 aliphatic rings. The Hall–Kier alpha value is -0.240. The molecule has 0 heterocycles. The van der Waals surface area contributed by atoms with Crippen molar-refractivity contribution >= 4 is 43.4 Å². The summed E-state index contributed by atoms with van der Waals surface area (Å²) in [6.45, 7) is 3.89. The van der Waals surface area contributed by atoms with Crippen LogP contribution in [0, 0.1) is 0 Å². The Labute approximate surface area is 121 Å². The van der Waals surface area contributed by atoms with E-state index in [9.17, 15) is 8.42 Å². The maximum Gasteiger partial charge on any atom is 0.240 e. The fourth-order valence-electron chi connectivity index (χ4n) is 1.35. The van der Waals surface area contributed by atoms with Crippen molar-refractivity contribution in [3.05, 3.63) is 22.7 Å². The quantitative estimate of drug-likeness (QED) is 0.771. The Bertz CT molecular complexity index is 506. The predicted octanol–water partition coefficient (Wildman–Crippen LogP) is 2.45. The second-order valence-electron chi connectivity index (χ2n) is 3.87. The molecule has 102 valence electrons. The predicted molar refractivity (Wildman–Crippen MR) is 81.3 cm³/mol. The van der Waals surface area contributed by atoms with Crippen LogP contribution in [-0.2, 0) is 10.0 Å². The largest absolute Gasteiger partial charge is 0.398 e. The molecule has 4 nitrogen and oxygen atoms in total. The SMILES string of the molecule is CCSCC(C)NS(=O)(=O)c1ccc(Br)c(N)c1. The molecule has 0 bridgehead atoms. The zero-order valence-electron chi connectivity index (χ0n) is 10.3. The summed E-state index contributed by atoms with van der Waals surface area (Å²) in [6.07, 6.45) is 0. The van der Waals surface area contributed by atoms with E-state index >= 15 is 0 Å². The van der Waals surface area contributed by atoms with Crippen molar-refractivity contribution in [2.75, 3.05) is 17.2 Å². The highest BCUT2D eigenvalue weighted by Gasteiger charge is 2.17. The number of sulfonamides is 1. The van der Waals surface area contributed by atoms with Crippen LogP contribution in [0.5, 0.6) is 0 Å². The number of nitrogens with one attached hydrogen (secondary N) is 1. The summed E-state index contributed by atoms with van der Waals surface area (Å²) >= 11 is 4.94. The van der Waals surface area contributed by atoms with Gasteiger partial charge in [-0.1, -0.05) is 6.92 Å². The number of nitrogens with two attached hydrogens (primary N) is 1. The van der Waals surface area contributed by atoms with Crippen LogP contribution in [0.4, 0.5) is 5.69 Å². The van der Waals surface area contributed by atoms with Crippen molar-refractivity contribution in [2.24, 2.45) is 0 Å². The molecule has 0 saturated heterocycles. The number of anilines is 1. The van der Waals surface area contributed by atoms with Gasteiger partial charge in [-0.25, -0.2) is 13.1 Å². The standard InChI is InChI=1S/C11H17BrN2O2S2/c1-3-17-7-8(2)14-18(15,16)9-4-5-10(12)11(13)6-9/h4-6,8,14H,3,7,13H2,1-2H3. The number of hydrogen-bond acceptors (Lipinski definition) is 4. The Morgan fingerprint density at radius 3 is 2.72 bits per heavy atom. The van der Waals surface area contributed by atoms with Crippen molar-refractivity contribution in [3.8, 4) is 0 Å². The van der Waals surface area contributed by atoms with Gasteiger partial charge in [0.15, 0.2) is 0 Å². The van der Waals surface area contributed by atoms with E-state index < -0.39 is 10.0 Å². The van der Waals surface area contributed by atoms with E-state index in [1.54, 1.807) is 17.8 Å². The Kier molecular flexibility index (Phi) is 5.97. The van der Waals surface area contributed by atoms with Crippen LogP contribution in [0.25, 0.3) is 0 Å². The molecular formula is C11H17BrN2O2S2. The minimum atomic E-state index is -3.49. The normalized spacial score (nSPS) is 13.5. The van der Waals surface area contributed by atoms with Gasteiger partial charge in [0.1, 0.15) is 0 Å². The van der Waals surface area contributed by atoms with Gasteiger partial charge in [-0.2, -0.15) is 11.8 Å². The van der Waals surface area contributed by atoms with Crippen LogP contribution in [0.15, 0.2) is 27.6 Å². The Morgan fingerprint density at radius 2 is 2.17 bits per heavy atom. The maximum atomic E-state index is 12.1. The van der Waals surface area contributed by atoms with Crippen molar-refractivity contribution < 1.29 is 8.42 Å². The molecule has 1 aromatic rings. The fraction of sp³-hybridized carbons (Fsp3) is 0.455. The molecular weight excluding hydrogens is 336 g/mol. The molecule has 1 aromatic carbocycles. The lowest BCUT2D eigenvalue weighted by atomic mass is 10.3. The topological polar surface area (TPSA) is 72.2 Å². The molecule has 0 fully saturated rings. The first-order valence-corrected chi connectivity index (χ1v) is 8.95. The lowest BCUT2D eigenvalue weighted by molar-refractivity contribution is 0.571. The van der Waals surface area contributed by atoms with E-state index in [1.165, 1.54) is 12.1 Å². The molecule has 0 aliphatic carbocycles. The smallest absolute Gasteiger partial charge is 0.240 e. The second-order valence-corrected chi connectivity index (χ2v) is 7.75. The Balaban J connectivity index is 2.83. The number of halogens is 1. The monoisotopic (exact) mass is 352 g/mol. The van der Waals surface area contributed by atoms with Gasteiger partial charge in [-0.05, 0) is 46.8 Å². The highest BCUT2D eigenvalue weighted by atomic mass is 79.9. The zero-order chi connectivity index (χ0) is 13.8. The molecule has 3 N–H and O–H groups in total. The highest BCUT2D eigenvalue weighted by Crippen LogP contribution is 2.22. The molecule has 0 amide bonds. The maximum absolute atomic E-state index is 12.1. The number of nitrogen functional groups attached to an aromatic ring is 1. The molecule has 1 unspecified atom stereocenters. The van der Waals surface area contributed by atoms with Crippen LogP contribution < -0.4 is 10.5 Å². The summed E-state index contributed by atoms with van der Waals surface area (Å²) in [6, 6.07) is 4.51. The number of hydrogen-bond donors (Lipinski definition) is 2. The number of thioether (sulfide) groups is 1. The van der Waals surface area contributed by atoms with Gasteiger partial charge in [0.2, 0.25) is 10.0 Å². The van der Waals surface area contributed by atoms with E-state index in [1.807, 2.05) is 13.8 Å². The first-order valence-electron chi connectivity index (χ1n) is 5.52. The summed E-state index contributed by atoms with van der Waals surface area (Å²) in [7, 11) is -3.49. The van der Waals surface area contributed by atoms with Gasteiger partial charge in [0.25, 0.3) is 0 Å². The van der Waals surface area contributed by atoms with Gasteiger partial charge in [0.05, 0.1) is 4.90 Å². The molecule has 18 heavy (non-hydrogen) atoms. The minimum Gasteiger partial charge on any atom is -0.398 e. The van der Waals surface area contributed by atoms with E-state index in [0.29, 0.717) is 10.2 Å². The lowest BCUT2D eigenvalue weighted by Crippen LogP contribution is -2.34. The second kappa shape index (κ2) is 6.79. The molecule has 1 atom stereocenters. The van der Waals surface area contributed by atoms with Gasteiger partial charge in [-0.3, -0.25) is 0 Å². The molecule has 0 aliphatic heterocycles. The van der Waals surface area contributed by atoms with E-state index in [4.69, 9.17) is 5.73 Å². The summed E-state index contributed by atoms with van der Waals surface area (Å²) < 4.78 is 27.5. The number of benzene rings is 1. The zero-order valence-corrected chi connectivity index (χ0v) is 13.5. The van der Waals surface area contributed by atoms with Crippen molar-refractivity contribution in [3.63, 3.8) is 0 Å². The third-order valence-electron chi connectivity index (χ3n) is 2.21. The van der Waals surface area contributed by atoms with Gasteiger partial charge in [-0.15, -0.1) is 0 Å². The lowest BCUT2D eigenvalue weighted by Gasteiger charge is -2.14. The van der Waals surface area contributed by atoms with E-state index in [2.05, 4.69) is 20.7 Å². The van der Waals surface area contributed by atoms with Gasteiger partial charge < -0.3 is 5.73 Å². The first-order chi connectivity index (χ1) is 8.36. The van der Waals surface area contributed by atoms with Crippen LogP contribution in [0.2, 0.25) is 0 Å². The fourth-order valence-corrected chi connectivity index (χ4v) is 3.65. The molecule has 1 rings (SSSR count). The third-order valence-corrected chi connectivity index (χ3v) is 5.66. The summed E-state index contributed by atoms with van der Waals surface area (Å²) in [5, 5.41) is 0. The van der Waals surface area contributed by atoms with Gasteiger partial charge in [0, 0.05) is 22.0 Å². The molecule has 7 heteroatoms. The number of rotatable bonds is 6. The summed E-state index contributed by atoms with van der Waals surface area (Å²) in [4.78, 5) is 0.191. The molecule has 0 radical (unpaired) electrons. The molecule has 0 saturated carbocycles. The molecule has 0 spiro atoms. The van der Waals surface area contributed by atoms with E-state index in [0.717, 1.165) is 11.5 Å². The van der Waals surface area contributed by atoms with Crippen LogP contribution >= 0.6 is 27.7 Å². The van der Waals surface area contributed by atoms with Crippen LogP contribution in [-0.4, -0.2) is 26.0 Å². The average molecular weight is 353 g/mol. The molecule has 0 aromatic heterocycles. The first kappa shape index (κ1) is 15.8. The van der Waals surface area contributed by atoms with E-state index in [-0.39, 0.29) is 10.9 Å². The Morgan fingerprint density at radius 1 is 1.50 bits per heavy atom. The average Bonchev–Trinajstić information content (AvgIpc) is 2.29. The van der Waals surface area contributed by atoms with Gasteiger partial charge >= 0.3 is 0 Å².